The Morgan fingerprint density at radius 1 is 1.45 bits per heavy atom. The quantitative estimate of drug-likeness (QED) is 0.405. The second-order valence-electron chi connectivity index (χ2n) is 5.58. The molecule has 1 aromatic rings. The number of hydrogen-bond donors (Lipinski definition) is 2. The molecular formula is C14H26IN5S2. The van der Waals surface area contributed by atoms with Crippen molar-refractivity contribution in [3.8, 4) is 0 Å². The minimum Gasteiger partial charge on any atom is -0.355 e. The molecule has 1 aromatic heterocycles. The van der Waals surface area contributed by atoms with E-state index >= 15 is 0 Å². The van der Waals surface area contributed by atoms with Gasteiger partial charge in [-0.2, -0.15) is 11.8 Å². The molecule has 0 saturated carbocycles. The number of aryl methyl sites for hydroxylation is 1. The highest BCUT2D eigenvalue weighted by Crippen LogP contribution is 2.31. The molecule has 5 nitrogen and oxygen atoms in total. The molecule has 8 heteroatoms. The number of aliphatic imine (C=N–C) groups is 1. The third-order valence-corrected chi connectivity index (χ3v) is 6.11. The van der Waals surface area contributed by atoms with Gasteiger partial charge in [-0.15, -0.1) is 35.3 Å². The highest BCUT2D eigenvalue weighted by atomic mass is 127. The molecule has 1 aliphatic heterocycles. The van der Waals surface area contributed by atoms with Crippen LogP contribution in [-0.4, -0.2) is 60.6 Å². The fourth-order valence-corrected chi connectivity index (χ4v) is 4.62. The largest absolute Gasteiger partial charge is 0.355 e. The third kappa shape index (κ3) is 5.24. The minimum atomic E-state index is 0. The zero-order chi connectivity index (χ0) is 15.3. The van der Waals surface area contributed by atoms with Gasteiger partial charge in [0.05, 0.1) is 6.54 Å². The average molecular weight is 455 g/mol. The van der Waals surface area contributed by atoms with Crippen molar-refractivity contribution in [2.24, 2.45) is 4.99 Å². The first-order valence-electron chi connectivity index (χ1n) is 7.16. The van der Waals surface area contributed by atoms with E-state index in [2.05, 4.69) is 45.0 Å². The molecule has 22 heavy (non-hydrogen) atoms. The summed E-state index contributed by atoms with van der Waals surface area (Å²) in [6.45, 7) is 3.66. The predicted molar refractivity (Wildman–Crippen MR) is 109 cm³/mol. The van der Waals surface area contributed by atoms with Crippen LogP contribution in [0, 0.1) is 6.92 Å². The summed E-state index contributed by atoms with van der Waals surface area (Å²) in [7, 11) is 6.15. The number of nitrogens with zero attached hydrogens (tertiary/aromatic N) is 3. The van der Waals surface area contributed by atoms with Crippen molar-refractivity contribution in [3.05, 3.63) is 16.1 Å². The standard InChI is InChI=1S/C14H25N5S2.HI/c1-11-8-21-12(18-11)7-16-13(15-2)17-9-14(19(3)4)5-6-20-10-14;/h8H,5-7,9-10H2,1-4H3,(H2,15,16,17);1H. The molecule has 1 unspecified atom stereocenters. The maximum Gasteiger partial charge on any atom is 0.191 e. The van der Waals surface area contributed by atoms with E-state index in [9.17, 15) is 0 Å². The minimum absolute atomic E-state index is 0. The van der Waals surface area contributed by atoms with Crippen molar-refractivity contribution < 1.29 is 0 Å². The molecule has 2 rings (SSSR count). The Bertz CT molecular complexity index is 483. The molecule has 0 spiro atoms. The molecule has 126 valence electrons. The zero-order valence-corrected chi connectivity index (χ0v) is 17.6. The van der Waals surface area contributed by atoms with Gasteiger partial charge in [0.15, 0.2) is 5.96 Å². The number of thioether (sulfide) groups is 1. The first-order valence-corrected chi connectivity index (χ1v) is 9.20. The molecule has 1 fully saturated rings. The number of aromatic nitrogens is 1. The van der Waals surface area contributed by atoms with Gasteiger partial charge in [-0.25, -0.2) is 4.98 Å². The van der Waals surface area contributed by atoms with E-state index in [1.807, 2.05) is 25.7 Å². The second kappa shape index (κ2) is 9.29. The van der Waals surface area contributed by atoms with Crippen LogP contribution >= 0.6 is 47.1 Å². The van der Waals surface area contributed by atoms with E-state index in [0.717, 1.165) is 29.8 Å². The number of hydrogen-bond acceptors (Lipinski definition) is 5. The number of rotatable bonds is 5. The van der Waals surface area contributed by atoms with Crippen molar-refractivity contribution >= 4 is 53.0 Å². The van der Waals surface area contributed by atoms with Gasteiger partial charge < -0.3 is 15.5 Å². The summed E-state index contributed by atoms with van der Waals surface area (Å²) in [4.78, 5) is 11.1. The van der Waals surface area contributed by atoms with Gasteiger partial charge in [-0.3, -0.25) is 4.99 Å². The topological polar surface area (TPSA) is 52.6 Å². The SMILES string of the molecule is CN=C(NCc1nc(C)cs1)NCC1(N(C)C)CCSC1.I. The van der Waals surface area contributed by atoms with Gasteiger partial charge in [0.25, 0.3) is 0 Å². The fraction of sp³-hybridized carbons (Fsp3) is 0.714. The molecule has 0 amide bonds. The van der Waals surface area contributed by atoms with E-state index in [4.69, 9.17) is 0 Å². The van der Waals surface area contributed by atoms with Crippen LogP contribution in [0.4, 0.5) is 0 Å². The lowest BCUT2D eigenvalue weighted by Crippen LogP contribution is -2.54. The molecule has 1 aliphatic rings. The van der Waals surface area contributed by atoms with Gasteiger partial charge in [-0.1, -0.05) is 0 Å². The molecule has 0 aromatic carbocycles. The fourth-order valence-electron chi connectivity index (χ4n) is 2.36. The van der Waals surface area contributed by atoms with Gasteiger partial charge in [0, 0.05) is 36.0 Å². The summed E-state index contributed by atoms with van der Waals surface area (Å²) >= 11 is 3.71. The van der Waals surface area contributed by atoms with Gasteiger partial charge in [0.1, 0.15) is 5.01 Å². The number of halogens is 1. The molecule has 0 bridgehead atoms. The Kier molecular flexibility index (Phi) is 8.44. The predicted octanol–water partition coefficient (Wildman–Crippen LogP) is 2.17. The van der Waals surface area contributed by atoms with Crippen molar-refractivity contribution in [2.75, 3.05) is 39.2 Å². The summed E-state index contributed by atoms with van der Waals surface area (Å²) in [6, 6.07) is 0. The van der Waals surface area contributed by atoms with Crippen LogP contribution in [0.25, 0.3) is 0 Å². The molecule has 2 heterocycles. The lowest BCUT2D eigenvalue weighted by molar-refractivity contribution is 0.183. The second-order valence-corrected chi connectivity index (χ2v) is 7.63. The zero-order valence-electron chi connectivity index (χ0n) is 13.7. The number of nitrogens with one attached hydrogen (secondary N) is 2. The van der Waals surface area contributed by atoms with Gasteiger partial charge in [0.2, 0.25) is 0 Å². The maximum absolute atomic E-state index is 4.46. The van der Waals surface area contributed by atoms with Crippen molar-refractivity contribution in [1.29, 1.82) is 0 Å². The molecule has 0 aliphatic carbocycles. The van der Waals surface area contributed by atoms with Crippen molar-refractivity contribution in [3.63, 3.8) is 0 Å². The number of guanidine groups is 1. The first kappa shape index (κ1) is 20.0. The lowest BCUT2D eigenvalue weighted by Gasteiger charge is -2.36. The highest BCUT2D eigenvalue weighted by Gasteiger charge is 2.36. The third-order valence-electron chi connectivity index (χ3n) is 3.91. The Morgan fingerprint density at radius 3 is 2.73 bits per heavy atom. The summed E-state index contributed by atoms with van der Waals surface area (Å²) in [5.41, 5.74) is 1.31. The first-order chi connectivity index (χ1) is 10.1. The van der Waals surface area contributed by atoms with Crippen molar-refractivity contribution in [2.45, 2.75) is 25.4 Å². The van der Waals surface area contributed by atoms with E-state index in [1.165, 1.54) is 17.9 Å². The highest BCUT2D eigenvalue weighted by molar-refractivity contribution is 14.0. The smallest absolute Gasteiger partial charge is 0.191 e. The van der Waals surface area contributed by atoms with Gasteiger partial charge in [-0.05, 0) is 33.2 Å². The van der Waals surface area contributed by atoms with Crippen LogP contribution in [-0.2, 0) is 6.54 Å². The molecule has 2 N–H and O–H groups in total. The summed E-state index contributed by atoms with van der Waals surface area (Å²) in [5.74, 6) is 3.26. The Balaban J connectivity index is 0.00000242. The summed E-state index contributed by atoms with van der Waals surface area (Å²) in [6.07, 6.45) is 1.22. The van der Waals surface area contributed by atoms with Crippen molar-refractivity contribution in [1.82, 2.24) is 20.5 Å². The van der Waals surface area contributed by atoms with Gasteiger partial charge >= 0.3 is 0 Å². The van der Waals surface area contributed by atoms with Crippen LogP contribution in [0.1, 0.15) is 17.1 Å². The Hall–Kier alpha value is -0.0600. The monoisotopic (exact) mass is 455 g/mol. The Morgan fingerprint density at radius 2 is 2.23 bits per heavy atom. The van der Waals surface area contributed by atoms with Crippen LogP contribution in [0.15, 0.2) is 10.4 Å². The van der Waals surface area contributed by atoms with Crippen LogP contribution in [0.3, 0.4) is 0 Å². The summed E-state index contributed by atoms with van der Waals surface area (Å²) < 4.78 is 0. The Labute approximate surface area is 158 Å². The molecule has 0 radical (unpaired) electrons. The van der Waals surface area contributed by atoms with E-state index in [-0.39, 0.29) is 29.5 Å². The average Bonchev–Trinajstić information content (AvgIpc) is 3.09. The number of thiazole rings is 1. The van der Waals surface area contributed by atoms with E-state index in [1.54, 1.807) is 11.3 Å². The lowest BCUT2D eigenvalue weighted by atomic mass is 9.97. The molecular weight excluding hydrogens is 429 g/mol. The molecule has 1 saturated heterocycles. The number of likely N-dealkylation sites (N-methyl/N-ethyl adjacent to an activating group) is 1. The van der Waals surface area contributed by atoms with E-state index in [0.29, 0.717) is 0 Å². The van der Waals surface area contributed by atoms with Crippen LogP contribution < -0.4 is 10.6 Å². The summed E-state index contributed by atoms with van der Waals surface area (Å²) in [5, 5.41) is 9.98. The van der Waals surface area contributed by atoms with Crippen LogP contribution in [0.5, 0.6) is 0 Å². The molecule has 1 atom stereocenters. The van der Waals surface area contributed by atoms with E-state index < -0.39 is 0 Å². The normalized spacial score (nSPS) is 21.8. The maximum atomic E-state index is 4.46. The van der Waals surface area contributed by atoms with Crippen LogP contribution in [0.2, 0.25) is 0 Å².